The molecule has 1 heterocycles. The number of thioether (sulfide) groups is 1. The molecule has 0 spiro atoms. The van der Waals surface area contributed by atoms with Crippen LogP contribution >= 0.6 is 27.7 Å². The largest absolute Gasteiger partial charge is 0.496 e. The molecule has 0 radical (unpaired) electrons. The SMILES string of the molecule is COc1cc(OC)c(/C=C2/SC(=Nc3ccc(C)cc3)NC2=O)cc1Br. The zero-order valence-corrected chi connectivity index (χ0v) is 16.9. The van der Waals surface area contributed by atoms with Crippen LogP contribution < -0.4 is 14.8 Å². The minimum absolute atomic E-state index is 0.185. The van der Waals surface area contributed by atoms with Crippen molar-refractivity contribution in [1.29, 1.82) is 0 Å². The van der Waals surface area contributed by atoms with Gasteiger partial charge in [0.1, 0.15) is 11.5 Å². The molecule has 1 saturated heterocycles. The minimum Gasteiger partial charge on any atom is -0.496 e. The minimum atomic E-state index is -0.185. The number of aryl methyl sites for hydroxylation is 1. The summed E-state index contributed by atoms with van der Waals surface area (Å²) in [4.78, 5) is 17.3. The van der Waals surface area contributed by atoms with E-state index in [1.54, 1.807) is 26.4 Å². The van der Waals surface area contributed by atoms with Gasteiger partial charge in [0.15, 0.2) is 5.17 Å². The number of rotatable bonds is 4. The Hall–Kier alpha value is -2.25. The summed E-state index contributed by atoms with van der Waals surface area (Å²) >= 11 is 4.75. The molecule has 2 aromatic carbocycles. The van der Waals surface area contributed by atoms with Crippen LogP contribution in [0, 0.1) is 6.92 Å². The Bertz CT molecular complexity index is 908. The molecule has 3 rings (SSSR count). The van der Waals surface area contributed by atoms with Crippen LogP contribution in [0.4, 0.5) is 5.69 Å². The van der Waals surface area contributed by atoms with Gasteiger partial charge in [0.25, 0.3) is 5.91 Å². The van der Waals surface area contributed by atoms with E-state index in [4.69, 9.17) is 9.47 Å². The number of carbonyl (C=O) groups is 1. The Balaban J connectivity index is 1.89. The second kappa shape index (κ2) is 7.97. The number of nitrogens with zero attached hydrogens (tertiary/aromatic N) is 1. The molecule has 0 aromatic heterocycles. The molecule has 1 N–H and O–H groups in total. The standard InChI is InChI=1S/C19H17BrN2O3S/c1-11-4-6-13(7-5-11)21-19-22-18(23)17(26-19)9-12-8-14(20)16(25-3)10-15(12)24-2/h4-10H,1-3H3,(H,21,22,23)/b17-9+. The summed E-state index contributed by atoms with van der Waals surface area (Å²) in [7, 11) is 3.17. The molecule has 0 aliphatic carbocycles. The maximum atomic E-state index is 12.3. The quantitative estimate of drug-likeness (QED) is 0.713. The van der Waals surface area contributed by atoms with Crippen LogP contribution in [-0.4, -0.2) is 25.3 Å². The van der Waals surface area contributed by atoms with Crippen LogP contribution in [0.2, 0.25) is 0 Å². The monoisotopic (exact) mass is 432 g/mol. The molecule has 5 nitrogen and oxygen atoms in total. The lowest BCUT2D eigenvalue weighted by atomic mass is 10.1. The number of benzene rings is 2. The Morgan fingerprint density at radius 2 is 1.81 bits per heavy atom. The van der Waals surface area contributed by atoms with E-state index >= 15 is 0 Å². The lowest BCUT2D eigenvalue weighted by Crippen LogP contribution is -2.19. The van der Waals surface area contributed by atoms with Crippen molar-refractivity contribution < 1.29 is 14.3 Å². The predicted molar refractivity (Wildman–Crippen MR) is 109 cm³/mol. The molecule has 26 heavy (non-hydrogen) atoms. The molecule has 0 saturated carbocycles. The second-order valence-corrected chi connectivity index (χ2v) is 7.43. The van der Waals surface area contributed by atoms with Gasteiger partial charge < -0.3 is 14.8 Å². The van der Waals surface area contributed by atoms with Gasteiger partial charge in [-0.05, 0) is 58.9 Å². The third-order valence-corrected chi connectivity index (χ3v) is 5.24. The number of carbonyl (C=O) groups excluding carboxylic acids is 1. The van der Waals surface area contributed by atoms with Gasteiger partial charge in [-0.25, -0.2) is 4.99 Å². The van der Waals surface area contributed by atoms with Gasteiger partial charge in [0, 0.05) is 11.6 Å². The van der Waals surface area contributed by atoms with Gasteiger partial charge in [-0.2, -0.15) is 0 Å². The van der Waals surface area contributed by atoms with Gasteiger partial charge in [-0.15, -0.1) is 0 Å². The van der Waals surface area contributed by atoms with Crippen LogP contribution in [0.25, 0.3) is 6.08 Å². The van der Waals surface area contributed by atoms with E-state index in [9.17, 15) is 4.79 Å². The molecular weight excluding hydrogens is 416 g/mol. The number of amidine groups is 1. The van der Waals surface area contributed by atoms with Crippen LogP contribution in [0.3, 0.4) is 0 Å². The number of hydrogen-bond acceptors (Lipinski definition) is 5. The number of methoxy groups -OCH3 is 2. The molecular formula is C19H17BrN2O3S. The molecule has 1 amide bonds. The lowest BCUT2D eigenvalue weighted by Gasteiger charge is -2.10. The summed E-state index contributed by atoms with van der Waals surface area (Å²) < 4.78 is 11.5. The molecule has 134 valence electrons. The fraction of sp³-hybridized carbons (Fsp3) is 0.158. The molecule has 2 aromatic rings. The van der Waals surface area contributed by atoms with Gasteiger partial charge >= 0.3 is 0 Å². The second-order valence-electron chi connectivity index (χ2n) is 5.55. The fourth-order valence-corrected chi connectivity index (χ4v) is 3.71. The van der Waals surface area contributed by atoms with Gasteiger partial charge in [0.2, 0.25) is 0 Å². The molecule has 1 aliphatic heterocycles. The predicted octanol–water partition coefficient (Wildman–Crippen LogP) is 4.67. The highest BCUT2D eigenvalue weighted by molar-refractivity contribution is 9.10. The molecule has 0 unspecified atom stereocenters. The Kier molecular flexibility index (Phi) is 5.68. The summed E-state index contributed by atoms with van der Waals surface area (Å²) in [6.07, 6.45) is 1.78. The van der Waals surface area contributed by atoms with E-state index in [-0.39, 0.29) is 5.91 Å². The number of ether oxygens (including phenoxy) is 2. The highest BCUT2D eigenvalue weighted by Crippen LogP contribution is 2.36. The van der Waals surface area contributed by atoms with Crippen molar-refractivity contribution in [3.05, 3.63) is 56.9 Å². The highest BCUT2D eigenvalue weighted by Gasteiger charge is 2.24. The van der Waals surface area contributed by atoms with E-state index < -0.39 is 0 Å². The summed E-state index contributed by atoms with van der Waals surface area (Å²) in [5.41, 5.74) is 2.73. The fourth-order valence-electron chi connectivity index (χ4n) is 2.35. The zero-order valence-electron chi connectivity index (χ0n) is 14.5. The Morgan fingerprint density at radius 3 is 2.46 bits per heavy atom. The van der Waals surface area contributed by atoms with E-state index in [0.717, 1.165) is 21.3 Å². The van der Waals surface area contributed by atoms with Crippen molar-refractivity contribution in [3.8, 4) is 11.5 Å². The molecule has 1 fully saturated rings. The maximum Gasteiger partial charge on any atom is 0.264 e. The molecule has 0 bridgehead atoms. The Labute approximate surface area is 164 Å². The summed E-state index contributed by atoms with van der Waals surface area (Å²) in [5, 5.41) is 3.34. The molecule has 1 aliphatic rings. The van der Waals surface area contributed by atoms with Crippen molar-refractivity contribution in [3.63, 3.8) is 0 Å². The Morgan fingerprint density at radius 1 is 1.12 bits per heavy atom. The average molecular weight is 433 g/mol. The van der Waals surface area contributed by atoms with Crippen molar-refractivity contribution in [2.75, 3.05) is 14.2 Å². The van der Waals surface area contributed by atoms with Crippen LogP contribution in [0.1, 0.15) is 11.1 Å². The maximum absolute atomic E-state index is 12.3. The number of aliphatic imine (C=N–C) groups is 1. The summed E-state index contributed by atoms with van der Waals surface area (Å²) in [6.45, 7) is 2.02. The van der Waals surface area contributed by atoms with Gasteiger partial charge in [-0.1, -0.05) is 17.7 Å². The van der Waals surface area contributed by atoms with E-state index in [1.165, 1.54) is 11.8 Å². The summed E-state index contributed by atoms with van der Waals surface area (Å²) in [6, 6.07) is 11.4. The van der Waals surface area contributed by atoms with Gasteiger partial charge in [-0.3, -0.25) is 4.79 Å². The molecule has 0 atom stereocenters. The zero-order chi connectivity index (χ0) is 18.7. The van der Waals surface area contributed by atoms with Crippen molar-refractivity contribution in [2.45, 2.75) is 6.92 Å². The van der Waals surface area contributed by atoms with Crippen LogP contribution in [0.15, 0.2) is 50.8 Å². The van der Waals surface area contributed by atoms with Crippen molar-refractivity contribution >= 4 is 50.5 Å². The third kappa shape index (κ3) is 4.11. The van der Waals surface area contributed by atoms with Crippen LogP contribution in [-0.2, 0) is 4.79 Å². The lowest BCUT2D eigenvalue weighted by molar-refractivity contribution is -0.115. The third-order valence-electron chi connectivity index (χ3n) is 3.71. The highest BCUT2D eigenvalue weighted by atomic mass is 79.9. The number of hydrogen-bond donors (Lipinski definition) is 1. The topological polar surface area (TPSA) is 59.9 Å². The van der Waals surface area contributed by atoms with E-state index in [2.05, 4.69) is 26.2 Å². The van der Waals surface area contributed by atoms with Gasteiger partial charge in [0.05, 0.1) is 29.3 Å². The van der Waals surface area contributed by atoms with E-state index in [1.807, 2.05) is 37.3 Å². The average Bonchev–Trinajstić information content (AvgIpc) is 2.96. The number of halogens is 1. The van der Waals surface area contributed by atoms with Crippen molar-refractivity contribution in [1.82, 2.24) is 5.32 Å². The number of nitrogens with one attached hydrogen (secondary N) is 1. The van der Waals surface area contributed by atoms with Crippen LogP contribution in [0.5, 0.6) is 11.5 Å². The first-order valence-corrected chi connectivity index (χ1v) is 9.39. The van der Waals surface area contributed by atoms with Crippen molar-refractivity contribution in [2.24, 2.45) is 4.99 Å². The first-order valence-electron chi connectivity index (χ1n) is 7.78. The first kappa shape index (κ1) is 18.5. The molecule has 7 heteroatoms. The number of amides is 1. The first-order chi connectivity index (χ1) is 12.5. The van der Waals surface area contributed by atoms with E-state index in [0.29, 0.717) is 21.6 Å². The normalized spacial score (nSPS) is 16.8. The smallest absolute Gasteiger partial charge is 0.264 e. The summed E-state index contributed by atoms with van der Waals surface area (Å²) in [5.74, 6) is 1.10.